The Morgan fingerprint density at radius 3 is 1.18 bits per heavy atom. The third kappa shape index (κ3) is 6.86. The molecule has 0 spiro atoms. The first kappa shape index (κ1) is 39.3. The third-order valence-electron chi connectivity index (χ3n) is 13.3. The molecule has 0 atom stereocenters. The van der Waals surface area contributed by atoms with Gasteiger partial charge in [-0.15, -0.1) is 0 Å². The molecule has 0 radical (unpaired) electrons. The van der Waals surface area contributed by atoms with Crippen molar-refractivity contribution in [3.05, 3.63) is 255 Å². The van der Waals surface area contributed by atoms with Crippen molar-refractivity contribution in [2.24, 2.45) is 0 Å². The van der Waals surface area contributed by atoms with Crippen molar-refractivity contribution in [2.45, 2.75) is 0 Å². The molecule has 0 aliphatic carbocycles. The summed E-state index contributed by atoms with van der Waals surface area (Å²) in [6.45, 7) is 0. The summed E-state index contributed by atoms with van der Waals surface area (Å²) >= 11 is 0. The average Bonchev–Trinajstić information content (AvgIpc) is 3.94. The van der Waals surface area contributed by atoms with Crippen LogP contribution in [0.2, 0.25) is 0 Å². The lowest BCUT2D eigenvalue weighted by Gasteiger charge is -2.12. The van der Waals surface area contributed by atoms with Crippen LogP contribution in [0, 0.1) is 0 Å². The van der Waals surface area contributed by atoms with Gasteiger partial charge in [0.05, 0.1) is 33.5 Å². The van der Waals surface area contributed by atoms with Crippen molar-refractivity contribution in [2.75, 3.05) is 0 Å². The highest BCUT2D eigenvalue weighted by Gasteiger charge is 2.17. The van der Waals surface area contributed by atoms with Gasteiger partial charge in [-0.2, -0.15) is 0 Å². The van der Waals surface area contributed by atoms with Crippen LogP contribution in [0.15, 0.2) is 255 Å². The number of rotatable bonds is 8. The van der Waals surface area contributed by atoms with Crippen LogP contribution in [0.4, 0.5) is 0 Å². The van der Waals surface area contributed by atoms with Crippen LogP contribution in [0.3, 0.4) is 0 Å². The molecule has 0 N–H and O–H groups in total. The lowest BCUT2D eigenvalue weighted by Crippen LogP contribution is -1.96. The molecule has 0 unspecified atom stereocenters. The molecule has 318 valence electrons. The van der Waals surface area contributed by atoms with Crippen LogP contribution in [0.5, 0.6) is 0 Å². The maximum absolute atomic E-state index is 5.10. The van der Waals surface area contributed by atoms with Gasteiger partial charge in [0.15, 0.2) is 5.82 Å². The molecule has 3 aromatic heterocycles. The first-order chi connectivity index (χ1) is 33.7. The van der Waals surface area contributed by atoms with E-state index in [9.17, 15) is 0 Å². The third-order valence-corrected chi connectivity index (χ3v) is 13.3. The second kappa shape index (κ2) is 16.4. The van der Waals surface area contributed by atoms with Crippen molar-refractivity contribution in [1.82, 2.24) is 19.1 Å². The normalized spacial score (nSPS) is 11.5. The number of benzene rings is 10. The first-order valence-corrected chi connectivity index (χ1v) is 23.1. The van der Waals surface area contributed by atoms with Gasteiger partial charge >= 0.3 is 0 Å². The van der Waals surface area contributed by atoms with Crippen molar-refractivity contribution < 1.29 is 0 Å². The largest absolute Gasteiger partial charge is 0.309 e. The topological polar surface area (TPSA) is 35.6 Å². The standard InChI is InChI=1S/C64H42N4/c1-4-16-44(17-5-1)58-42-59(66-64(65-58)45-18-6-2-7-19-45)51-23-15-22-48(39-51)47-21-14-20-46(38-47)43-30-34-53(35-31-43)68-61-29-13-11-27-55(61)57-41-50(33-37-63(57)68)49-32-36-62-56(40-49)54-26-10-12-28-60(54)67(62)52-24-8-3-9-25-52/h1-42H. The second-order valence-corrected chi connectivity index (χ2v) is 17.4. The fourth-order valence-electron chi connectivity index (χ4n) is 10.0. The van der Waals surface area contributed by atoms with Crippen LogP contribution < -0.4 is 0 Å². The first-order valence-electron chi connectivity index (χ1n) is 23.1. The monoisotopic (exact) mass is 866 g/mol. The van der Waals surface area contributed by atoms with Crippen LogP contribution in [-0.2, 0) is 0 Å². The summed E-state index contributed by atoms with van der Waals surface area (Å²) in [6, 6.07) is 91.2. The number of aromatic nitrogens is 4. The molecule has 13 aromatic rings. The van der Waals surface area contributed by atoms with Crippen molar-refractivity contribution in [3.8, 4) is 78.7 Å². The summed E-state index contributed by atoms with van der Waals surface area (Å²) in [5.41, 5.74) is 19.0. The molecule has 0 bridgehead atoms. The van der Waals surface area contributed by atoms with Crippen molar-refractivity contribution in [3.63, 3.8) is 0 Å². The Labute approximate surface area is 394 Å². The van der Waals surface area contributed by atoms with Gasteiger partial charge in [-0.3, -0.25) is 0 Å². The number of nitrogens with zero attached hydrogens (tertiary/aromatic N) is 4. The van der Waals surface area contributed by atoms with Gasteiger partial charge in [-0.05, 0) is 112 Å². The molecule has 4 heteroatoms. The molecule has 4 nitrogen and oxygen atoms in total. The molecular weight excluding hydrogens is 825 g/mol. The fraction of sp³-hybridized carbons (Fsp3) is 0. The van der Waals surface area contributed by atoms with E-state index in [2.05, 4.69) is 240 Å². The SMILES string of the molecule is c1ccc(-c2cc(-c3cccc(-c4cccc(-c5ccc(-n6c7ccccc7c7cc(-c8ccc9c(c8)c8ccccc8n9-c8ccccc8)ccc76)cc5)c4)c3)nc(-c3ccccc3)n2)cc1. The van der Waals surface area contributed by atoms with E-state index in [0.29, 0.717) is 5.82 Å². The minimum Gasteiger partial charge on any atom is -0.309 e. The van der Waals surface area contributed by atoms with Crippen LogP contribution >= 0.6 is 0 Å². The summed E-state index contributed by atoms with van der Waals surface area (Å²) < 4.78 is 4.77. The minimum absolute atomic E-state index is 0.710. The molecule has 0 amide bonds. The Balaban J connectivity index is 0.831. The smallest absolute Gasteiger partial charge is 0.160 e. The number of hydrogen-bond donors (Lipinski definition) is 0. The molecule has 0 aliphatic heterocycles. The molecule has 13 rings (SSSR count). The summed E-state index contributed by atoms with van der Waals surface area (Å²) in [7, 11) is 0. The highest BCUT2D eigenvalue weighted by Crippen LogP contribution is 2.39. The Morgan fingerprint density at radius 1 is 0.221 bits per heavy atom. The number of fused-ring (bicyclic) bond motifs is 6. The van der Waals surface area contributed by atoms with Crippen LogP contribution in [0.25, 0.3) is 122 Å². The predicted octanol–water partition coefficient (Wildman–Crippen LogP) is 16.7. The predicted molar refractivity (Wildman–Crippen MR) is 283 cm³/mol. The van der Waals surface area contributed by atoms with Gasteiger partial charge < -0.3 is 9.13 Å². The van der Waals surface area contributed by atoms with Crippen molar-refractivity contribution >= 4 is 43.6 Å². The van der Waals surface area contributed by atoms with Gasteiger partial charge in [-0.25, -0.2) is 9.97 Å². The molecule has 0 saturated carbocycles. The Hall–Kier alpha value is -9.12. The zero-order chi connectivity index (χ0) is 45.0. The van der Waals surface area contributed by atoms with E-state index in [1.165, 1.54) is 60.4 Å². The zero-order valence-electron chi connectivity index (χ0n) is 37.0. The lowest BCUT2D eigenvalue weighted by atomic mass is 9.97. The lowest BCUT2D eigenvalue weighted by molar-refractivity contribution is 1.18. The van der Waals surface area contributed by atoms with E-state index >= 15 is 0 Å². The number of para-hydroxylation sites is 3. The second-order valence-electron chi connectivity index (χ2n) is 17.4. The summed E-state index contributed by atoms with van der Waals surface area (Å²) in [5.74, 6) is 0.710. The molecule has 3 heterocycles. The van der Waals surface area contributed by atoms with Crippen LogP contribution in [0.1, 0.15) is 0 Å². The Bertz CT molecular complexity index is 3940. The highest BCUT2D eigenvalue weighted by atomic mass is 15.0. The van der Waals surface area contributed by atoms with Gasteiger partial charge in [0, 0.05) is 49.6 Å². The number of hydrogen-bond acceptors (Lipinski definition) is 2. The molecule has 0 fully saturated rings. The van der Waals surface area contributed by atoms with Gasteiger partial charge in [0.25, 0.3) is 0 Å². The van der Waals surface area contributed by atoms with E-state index in [1.807, 2.05) is 24.3 Å². The van der Waals surface area contributed by atoms with Gasteiger partial charge in [-0.1, -0.05) is 176 Å². The summed E-state index contributed by atoms with van der Waals surface area (Å²) in [4.78, 5) is 10.1. The highest BCUT2D eigenvalue weighted by molar-refractivity contribution is 6.12. The van der Waals surface area contributed by atoms with E-state index < -0.39 is 0 Å². The van der Waals surface area contributed by atoms with E-state index in [-0.39, 0.29) is 0 Å². The molecular formula is C64H42N4. The van der Waals surface area contributed by atoms with Crippen LogP contribution in [-0.4, -0.2) is 19.1 Å². The van der Waals surface area contributed by atoms with Gasteiger partial charge in [0.2, 0.25) is 0 Å². The average molecular weight is 867 g/mol. The summed E-state index contributed by atoms with van der Waals surface area (Å²) in [5, 5.41) is 4.98. The fourth-order valence-corrected chi connectivity index (χ4v) is 10.0. The quantitative estimate of drug-likeness (QED) is 0.153. The minimum atomic E-state index is 0.710. The van der Waals surface area contributed by atoms with E-state index in [4.69, 9.17) is 9.97 Å². The maximum atomic E-state index is 5.10. The van der Waals surface area contributed by atoms with E-state index in [1.54, 1.807) is 0 Å². The summed E-state index contributed by atoms with van der Waals surface area (Å²) in [6.07, 6.45) is 0. The molecule has 10 aromatic carbocycles. The maximum Gasteiger partial charge on any atom is 0.160 e. The van der Waals surface area contributed by atoms with Gasteiger partial charge in [0.1, 0.15) is 0 Å². The van der Waals surface area contributed by atoms with Crippen molar-refractivity contribution in [1.29, 1.82) is 0 Å². The Kier molecular flexibility index (Phi) is 9.47. The van der Waals surface area contributed by atoms with E-state index in [0.717, 1.165) is 56.0 Å². The molecule has 68 heavy (non-hydrogen) atoms. The Morgan fingerprint density at radius 2 is 0.603 bits per heavy atom. The molecule has 0 aliphatic rings. The molecule has 0 saturated heterocycles. The zero-order valence-corrected chi connectivity index (χ0v) is 37.0.